The summed E-state index contributed by atoms with van der Waals surface area (Å²) in [5, 5.41) is 3.61. The number of anilines is 1. The molecule has 5 rings (SSSR count). The van der Waals surface area contributed by atoms with Crippen LogP contribution in [-0.4, -0.2) is 50.1 Å². The van der Waals surface area contributed by atoms with Gasteiger partial charge in [-0.2, -0.15) is 4.37 Å². The highest BCUT2D eigenvalue weighted by Gasteiger charge is 2.45. The summed E-state index contributed by atoms with van der Waals surface area (Å²) in [5.74, 6) is 0.513. The van der Waals surface area contributed by atoms with Crippen LogP contribution in [0.2, 0.25) is 5.15 Å². The lowest BCUT2D eigenvalue weighted by atomic mass is 9.70. The molecule has 194 valence electrons. The van der Waals surface area contributed by atoms with Crippen molar-refractivity contribution in [2.45, 2.75) is 26.7 Å². The highest BCUT2D eigenvalue weighted by Crippen LogP contribution is 2.51. The molecule has 2 amide bonds. The summed E-state index contributed by atoms with van der Waals surface area (Å²) in [4.78, 5) is 40.8. The molecule has 3 aromatic heterocycles. The third-order valence-corrected chi connectivity index (χ3v) is 7.38. The van der Waals surface area contributed by atoms with Gasteiger partial charge in [-0.15, -0.1) is 0 Å². The Morgan fingerprint density at radius 2 is 1.63 bits per heavy atom. The second-order valence-corrected chi connectivity index (χ2v) is 10.9. The third kappa shape index (κ3) is 4.72. The molecule has 11 heteroatoms. The van der Waals surface area contributed by atoms with Crippen LogP contribution in [0.1, 0.15) is 47.1 Å². The summed E-state index contributed by atoms with van der Waals surface area (Å²) in [6.45, 7) is 5.50. The first-order chi connectivity index (χ1) is 18.0. The lowest BCUT2D eigenvalue weighted by Crippen LogP contribution is -2.38. The van der Waals surface area contributed by atoms with Crippen molar-refractivity contribution in [3.8, 4) is 23.0 Å². The molecule has 0 saturated carbocycles. The van der Waals surface area contributed by atoms with Crippen molar-refractivity contribution in [3.05, 3.63) is 76.2 Å². The molecule has 38 heavy (non-hydrogen) atoms. The molecular formula is C27H25ClN6O3S. The fourth-order valence-corrected chi connectivity index (χ4v) is 5.17. The van der Waals surface area contributed by atoms with E-state index in [0.717, 1.165) is 28.2 Å². The number of hydrogen-bond acceptors (Lipinski definition) is 8. The van der Waals surface area contributed by atoms with E-state index in [1.807, 2.05) is 44.2 Å². The number of nitrogens with zero attached hydrogens (tertiary/aromatic N) is 5. The average Bonchev–Trinajstić information content (AvgIpc) is 3.30. The molecule has 1 aromatic carbocycles. The molecule has 0 aliphatic carbocycles. The highest BCUT2D eigenvalue weighted by molar-refractivity contribution is 7.09. The zero-order valence-corrected chi connectivity index (χ0v) is 23.0. The zero-order chi connectivity index (χ0) is 27.2. The number of aryl methyl sites for hydroxylation is 1. The van der Waals surface area contributed by atoms with Gasteiger partial charge in [-0.1, -0.05) is 43.6 Å². The molecular weight excluding hydrogens is 524 g/mol. The zero-order valence-electron chi connectivity index (χ0n) is 21.4. The van der Waals surface area contributed by atoms with E-state index in [1.165, 1.54) is 4.90 Å². The van der Waals surface area contributed by atoms with Gasteiger partial charge in [0, 0.05) is 53.8 Å². The Kier molecular flexibility index (Phi) is 6.62. The quantitative estimate of drug-likeness (QED) is 0.325. The fourth-order valence-electron chi connectivity index (χ4n) is 4.46. The Labute approximate surface area is 229 Å². The summed E-state index contributed by atoms with van der Waals surface area (Å²) < 4.78 is 10.3. The van der Waals surface area contributed by atoms with Crippen LogP contribution in [0.4, 0.5) is 5.13 Å². The molecule has 1 unspecified atom stereocenters. The minimum Gasteiger partial charge on any atom is -0.420 e. The number of rotatable bonds is 5. The van der Waals surface area contributed by atoms with Crippen LogP contribution in [0, 0.1) is 12.3 Å². The molecule has 0 saturated heterocycles. The summed E-state index contributed by atoms with van der Waals surface area (Å²) in [5.41, 5.74) is 2.59. The molecule has 0 radical (unpaired) electrons. The van der Waals surface area contributed by atoms with Gasteiger partial charge in [-0.25, -0.2) is 15.0 Å². The smallest absolute Gasteiger partial charge is 0.253 e. The lowest BCUT2D eigenvalue weighted by molar-refractivity contribution is -0.124. The predicted octanol–water partition coefficient (Wildman–Crippen LogP) is 5.56. The van der Waals surface area contributed by atoms with Gasteiger partial charge in [0.2, 0.25) is 22.8 Å². The molecule has 0 bridgehead atoms. The summed E-state index contributed by atoms with van der Waals surface area (Å²) in [6, 6.07) is 14.5. The van der Waals surface area contributed by atoms with Gasteiger partial charge in [0.05, 0.1) is 11.1 Å². The van der Waals surface area contributed by atoms with E-state index in [4.69, 9.17) is 21.3 Å². The van der Waals surface area contributed by atoms with Crippen LogP contribution in [0.3, 0.4) is 0 Å². The van der Waals surface area contributed by atoms with Gasteiger partial charge in [-0.3, -0.25) is 9.59 Å². The van der Waals surface area contributed by atoms with Gasteiger partial charge in [-0.05, 0) is 37.3 Å². The second kappa shape index (κ2) is 9.77. The monoisotopic (exact) mass is 548 g/mol. The highest BCUT2D eigenvalue weighted by atomic mass is 35.5. The molecule has 9 nitrogen and oxygen atoms in total. The second-order valence-electron chi connectivity index (χ2n) is 9.75. The van der Waals surface area contributed by atoms with E-state index >= 15 is 0 Å². The number of carbonyl (C=O) groups excluding carboxylic acids is 2. The minimum absolute atomic E-state index is 0.0788. The van der Waals surface area contributed by atoms with Crippen molar-refractivity contribution in [1.82, 2.24) is 24.2 Å². The largest absolute Gasteiger partial charge is 0.420 e. The number of ether oxygens (including phenoxy) is 1. The van der Waals surface area contributed by atoms with Crippen molar-refractivity contribution < 1.29 is 14.3 Å². The Morgan fingerprint density at radius 3 is 2.26 bits per heavy atom. The lowest BCUT2D eigenvalue weighted by Gasteiger charge is -2.37. The van der Waals surface area contributed by atoms with E-state index < -0.39 is 11.3 Å². The summed E-state index contributed by atoms with van der Waals surface area (Å²) in [7, 11) is 3.42. The predicted molar refractivity (Wildman–Crippen MR) is 146 cm³/mol. The van der Waals surface area contributed by atoms with Crippen molar-refractivity contribution in [2.75, 3.05) is 19.4 Å². The van der Waals surface area contributed by atoms with Gasteiger partial charge in [0.15, 0.2) is 0 Å². The third-order valence-electron chi connectivity index (χ3n) is 6.45. The van der Waals surface area contributed by atoms with Crippen LogP contribution in [0.15, 0.2) is 48.5 Å². The van der Waals surface area contributed by atoms with Crippen molar-refractivity contribution >= 4 is 40.1 Å². The molecule has 0 spiro atoms. The van der Waals surface area contributed by atoms with E-state index in [9.17, 15) is 9.59 Å². The first-order valence-corrected chi connectivity index (χ1v) is 13.0. The Balaban J connectivity index is 1.54. The van der Waals surface area contributed by atoms with E-state index in [1.54, 1.807) is 39.2 Å². The van der Waals surface area contributed by atoms with Gasteiger partial charge < -0.3 is 15.0 Å². The average molecular weight is 549 g/mol. The van der Waals surface area contributed by atoms with Crippen molar-refractivity contribution in [1.29, 1.82) is 0 Å². The maximum atomic E-state index is 13.5. The number of fused-ring (bicyclic) bond motifs is 2. The van der Waals surface area contributed by atoms with E-state index in [-0.39, 0.29) is 17.0 Å². The molecule has 4 aromatic rings. The molecule has 0 fully saturated rings. The van der Waals surface area contributed by atoms with Crippen LogP contribution in [-0.2, 0) is 4.79 Å². The number of benzene rings is 1. The number of hydrogen-bond donors (Lipinski definition) is 1. The van der Waals surface area contributed by atoms with Gasteiger partial charge >= 0.3 is 0 Å². The SMILES string of the molecule is Cc1nsc(NC(=O)C(C)(C)C2c3ccc(Cl)nc3Oc3nc(-c4ccc(C(=O)N(C)C)cc4)ccc32)n1. The number of nitrogens with one attached hydrogen (secondary N) is 1. The van der Waals surface area contributed by atoms with Crippen molar-refractivity contribution in [2.24, 2.45) is 5.41 Å². The molecule has 1 N–H and O–H groups in total. The first kappa shape index (κ1) is 25.7. The summed E-state index contributed by atoms with van der Waals surface area (Å²) >= 11 is 7.33. The van der Waals surface area contributed by atoms with Crippen LogP contribution in [0.25, 0.3) is 11.3 Å². The van der Waals surface area contributed by atoms with Crippen LogP contribution < -0.4 is 10.1 Å². The molecule has 1 atom stereocenters. The minimum atomic E-state index is -0.945. The molecule has 1 aliphatic rings. The number of halogens is 1. The fraction of sp³-hybridized carbons (Fsp3) is 0.259. The maximum absolute atomic E-state index is 13.5. The van der Waals surface area contributed by atoms with E-state index in [0.29, 0.717) is 34.0 Å². The van der Waals surface area contributed by atoms with Crippen LogP contribution in [0.5, 0.6) is 11.8 Å². The number of amides is 2. The molecule has 1 aliphatic heterocycles. The maximum Gasteiger partial charge on any atom is 0.253 e. The topological polar surface area (TPSA) is 110 Å². The first-order valence-electron chi connectivity index (χ1n) is 11.8. The number of carbonyl (C=O) groups is 2. The number of pyridine rings is 2. The van der Waals surface area contributed by atoms with Crippen LogP contribution >= 0.6 is 23.1 Å². The van der Waals surface area contributed by atoms with Gasteiger partial charge in [0.1, 0.15) is 11.0 Å². The van der Waals surface area contributed by atoms with Gasteiger partial charge in [0.25, 0.3) is 5.91 Å². The Morgan fingerprint density at radius 1 is 0.974 bits per heavy atom. The Bertz CT molecular complexity index is 1550. The van der Waals surface area contributed by atoms with E-state index in [2.05, 4.69) is 19.7 Å². The standard InChI is InChI=1S/C27H25ClN6O3S/c1-14-29-26(38-33-14)32-25(36)27(2,3)21-17-10-12-19(15-6-8-16(9-7-15)24(35)34(4)5)30-22(17)37-23-18(21)11-13-20(28)31-23/h6-13,21H,1-5H3,(H,29,32,33,36). The normalized spacial score (nSPS) is 14.2. The summed E-state index contributed by atoms with van der Waals surface area (Å²) in [6.07, 6.45) is 0. The molecule has 4 heterocycles. The Hall–Kier alpha value is -3.89. The number of aromatic nitrogens is 4. The van der Waals surface area contributed by atoms with Crippen molar-refractivity contribution in [3.63, 3.8) is 0 Å².